The molecular formula is C27H23Cl3N3O2+. The fourth-order valence-electron chi connectivity index (χ4n) is 4.93. The van der Waals surface area contributed by atoms with E-state index >= 15 is 0 Å². The number of carbonyl (C=O) groups is 2. The Hall–Kier alpha value is -2.83. The zero-order valence-electron chi connectivity index (χ0n) is 18.8. The van der Waals surface area contributed by atoms with Gasteiger partial charge >= 0.3 is 0 Å². The van der Waals surface area contributed by atoms with Gasteiger partial charge in [0, 0.05) is 21.2 Å². The number of imide groups is 1. The lowest BCUT2D eigenvalue weighted by atomic mass is 9.96. The molecule has 0 saturated carbocycles. The summed E-state index contributed by atoms with van der Waals surface area (Å²) in [5, 5.41) is 0.600. The SMILES string of the molecule is O=C1C(Cl)=C(N2CC[NH+](C(c3ccccc3)c3ccccc3)CC2)C(=O)N1c1cc(Cl)cc(Cl)c1. The highest BCUT2D eigenvalue weighted by atomic mass is 35.5. The third-order valence-electron chi connectivity index (χ3n) is 6.51. The highest BCUT2D eigenvalue weighted by molar-refractivity contribution is 6.52. The van der Waals surface area contributed by atoms with Crippen molar-refractivity contribution in [3.05, 3.63) is 111 Å². The Bertz CT molecular complexity index is 1230. The van der Waals surface area contributed by atoms with E-state index in [0.717, 1.165) is 18.0 Å². The molecule has 2 amide bonds. The first-order valence-corrected chi connectivity index (χ1v) is 12.5. The fourth-order valence-corrected chi connectivity index (χ4v) is 5.73. The largest absolute Gasteiger partial charge is 0.354 e. The highest BCUT2D eigenvalue weighted by Crippen LogP contribution is 2.34. The van der Waals surface area contributed by atoms with Gasteiger partial charge in [-0.2, -0.15) is 0 Å². The second-order valence-electron chi connectivity index (χ2n) is 8.64. The average Bonchev–Trinajstić information content (AvgIpc) is 3.08. The monoisotopic (exact) mass is 526 g/mol. The first-order chi connectivity index (χ1) is 16.9. The van der Waals surface area contributed by atoms with E-state index in [4.69, 9.17) is 34.8 Å². The summed E-state index contributed by atoms with van der Waals surface area (Å²) < 4.78 is 0. The number of piperazine rings is 1. The van der Waals surface area contributed by atoms with Crippen molar-refractivity contribution in [2.24, 2.45) is 0 Å². The molecule has 0 radical (unpaired) electrons. The number of nitrogens with zero attached hydrogens (tertiary/aromatic N) is 2. The molecule has 0 aromatic heterocycles. The maximum absolute atomic E-state index is 13.3. The average molecular weight is 528 g/mol. The van der Waals surface area contributed by atoms with E-state index in [1.807, 2.05) is 17.0 Å². The van der Waals surface area contributed by atoms with E-state index in [0.29, 0.717) is 28.8 Å². The zero-order valence-corrected chi connectivity index (χ0v) is 21.0. The summed E-state index contributed by atoms with van der Waals surface area (Å²) in [6.45, 7) is 2.76. The summed E-state index contributed by atoms with van der Waals surface area (Å²) in [7, 11) is 0. The Morgan fingerprint density at radius 2 is 1.23 bits per heavy atom. The van der Waals surface area contributed by atoms with Gasteiger partial charge in [-0.1, -0.05) is 95.5 Å². The van der Waals surface area contributed by atoms with Crippen LogP contribution in [0.3, 0.4) is 0 Å². The molecule has 5 rings (SSSR count). The van der Waals surface area contributed by atoms with Crippen molar-refractivity contribution in [2.45, 2.75) is 6.04 Å². The molecule has 1 saturated heterocycles. The minimum Gasteiger partial charge on any atom is -0.354 e. The molecule has 1 N–H and O–H groups in total. The molecule has 3 aromatic rings. The van der Waals surface area contributed by atoms with Crippen LogP contribution in [0.15, 0.2) is 89.6 Å². The number of benzene rings is 3. The summed E-state index contributed by atoms with van der Waals surface area (Å²) in [4.78, 5) is 30.6. The first kappa shape index (κ1) is 23.9. The van der Waals surface area contributed by atoms with Crippen molar-refractivity contribution >= 4 is 52.3 Å². The van der Waals surface area contributed by atoms with Crippen molar-refractivity contribution in [3.63, 3.8) is 0 Å². The smallest absolute Gasteiger partial charge is 0.283 e. The summed E-state index contributed by atoms with van der Waals surface area (Å²) in [6.07, 6.45) is 0. The van der Waals surface area contributed by atoms with Gasteiger partial charge in [0.2, 0.25) is 0 Å². The Labute approximate surface area is 219 Å². The van der Waals surface area contributed by atoms with Crippen molar-refractivity contribution in [2.75, 3.05) is 31.1 Å². The Balaban J connectivity index is 1.37. The molecule has 0 spiro atoms. The number of hydrogen-bond acceptors (Lipinski definition) is 3. The second-order valence-corrected chi connectivity index (χ2v) is 9.89. The molecule has 8 heteroatoms. The summed E-state index contributed by atoms with van der Waals surface area (Å²) in [6, 6.07) is 25.7. The molecule has 3 aromatic carbocycles. The molecular weight excluding hydrogens is 505 g/mol. The van der Waals surface area contributed by atoms with Crippen LogP contribution in [0.25, 0.3) is 0 Å². The van der Waals surface area contributed by atoms with Crippen LogP contribution in [-0.2, 0) is 9.59 Å². The molecule has 35 heavy (non-hydrogen) atoms. The Kier molecular flexibility index (Phi) is 6.85. The van der Waals surface area contributed by atoms with Crippen LogP contribution in [0.4, 0.5) is 5.69 Å². The van der Waals surface area contributed by atoms with Crippen LogP contribution < -0.4 is 9.80 Å². The van der Waals surface area contributed by atoms with Gasteiger partial charge in [0.25, 0.3) is 11.8 Å². The number of amides is 2. The van der Waals surface area contributed by atoms with Gasteiger partial charge in [0.05, 0.1) is 31.9 Å². The molecule has 2 aliphatic rings. The zero-order chi connectivity index (χ0) is 24.5. The van der Waals surface area contributed by atoms with E-state index in [2.05, 4.69) is 48.5 Å². The molecule has 2 heterocycles. The minimum absolute atomic E-state index is 0.0720. The maximum atomic E-state index is 13.3. The minimum atomic E-state index is -0.564. The number of rotatable bonds is 5. The molecule has 0 aliphatic carbocycles. The standard InChI is InChI=1S/C27H22Cl3N3O2/c28-20-15-21(29)17-22(16-20)33-26(34)23(30)25(27(33)35)32-13-11-31(12-14-32)24(18-7-3-1-4-8-18)19-9-5-2-6-10-19/h1-10,15-17,24H,11-14H2/p+1. The van der Waals surface area contributed by atoms with Gasteiger partial charge in [-0.3, -0.25) is 9.59 Å². The van der Waals surface area contributed by atoms with E-state index < -0.39 is 11.8 Å². The van der Waals surface area contributed by atoms with Crippen LogP contribution in [0.5, 0.6) is 0 Å². The summed E-state index contributed by atoms with van der Waals surface area (Å²) in [5.74, 6) is -1.02. The molecule has 2 aliphatic heterocycles. The van der Waals surface area contributed by atoms with Crippen molar-refractivity contribution in [1.29, 1.82) is 0 Å². The summed E-state index contributed by atoms with van der Waals surface area (Å²) in [5.41, 5.74) is 3.04. The van der Waals surface area contributed by atoms with Gasteiger partial charge in [0.1, 0.15) is 16.8 Å². The van der Waals surface area contributed by atoms with Gasteiger partial charge in [-0.25, -0.2) is 4.90 Å². The topological polar surface area (TPSA) is 45.1 Å². The predicted octanol–water partition coefficient (Wildman–Crippen LogP) is 4.31. The summed E-state index contributed by atoms with van der Waals surface area (Å²) >= 11 is 18.6. The number of hydrogen-bond donors (Lipinski definition) is 1. The van der Waals surface area contributed by atoms with Crippen LogP contribution >= 0.6 is 34.8 Å². The van der Waals surface area contributed by atoms with Gasteiger partial charge < -0.3 is 9.80 Å². The maximum Gasteiger partial charge on any atom is 0.283 e. The molecule has 178 valence electrons. The first-order valence-electron chi connectivity index (χ1n) is 11.4. The normalized spacial score (nSPS) is 17.1. The number of quaternary nitrogens is 1. The van der Waals surface area contributed by atoms with Crippen molar-refractivity contribution in [3.8, 4) is 0 Å². The van der Waals surface area contributed by atoms with E-state index in [-0.39, 0.29) is 16.8 Å². The molecule has 0 unspecified atom stereocenters. The Morgan fingerprint density at radius 1 is 0.714 bits per heavy atom. The van der Waals surface area contributed by atoms with Crippen LogP contribution in [0.2, 0.25) is 10.0 Å². The lowest BCUT2D eigenvalue weighted by Crippen LogP contribution is -3.15. The predicted molar refractivity (Wildman–Crippen MR) is 139 cm³/mol. The third-order valence-corrected chi connectivity index (χ3v) is 7.28. The van der Waals surface area contributed by atoms with Gasteiger partial charge in [-0.15, -0.1) is 0 Å². The molecule has 1 fully saturated rings. The van der Waals surface area contributed by atoms with Gasteiger partial charge in [0.15, 0.2) is 0 Å². The molecule has 0 atom stereocenters. The van der Waals surface area contributed by atoms with Crippen LogP contribution in [-0.4, -0.2) is 42.9 Å². The lowest BCUT2D eigenvalue weighted by molar-refractivity contribution is -0.929. The second kappa shape index (κ2) is 10.0. The number of halogens is 3. The fraction of sp³-hybridized carbons (Fsp3) is 0.185. The van der Waals surface area contributed by atoms with E-state index in [9.17, 15) is 9.59 Å². The number of anilines is 1. The highest BCUT2D eigenvalue weighted by Gasteiger charge is 2.43. The van der Waals surface area contributed by atoms with Gasteiger partial charge in [-0.05, 0) is 18.2 Å². The Morgan fingerprint density at radius 3 is 1.74 bits per heavy atom. The van der Waals surface area contributed by atoms with Crippen molar-refractivity contribution < 1.29 is 14.5 Å². The molecule has 5 nitrogen and oxygen atoms in total. The number of nitrogens with one attached hydrogen (secondary N) is 1. The van der Waals surface area contributed by atoms with E-state index in [1.165, 1.54) is 28.2 Å². The number of carbonyl (C=O) groups excluding carboxylic acids is 2. The van der Waals surface area contributed by atoms with Crippen molar-refractivity contribution in [1.82, 2.24) is 4.90 Å². The molecule has 0 bridgehead atoms. The van der Waals surface area contributed by atoms with E-state index in [1.54, 1.807) is 6.07 Å². The third kappa shape index (κ3) is 4.69. The lowest BCUT2D eigenvalue weighted by Gasteiger charge is -2.38. The van der Waals surface area contributed by atoms with Crippen LogP contribution in [0.1, 0.15) is 17.2 Å². The van der Waals surface area contributed by atoms with Crippen LogP contribution in [0, 0.1) is 0 Å². The quantitative estimate of drug-likeness (QED) is 0.503.